The Morgan fingerprint density at radius 2 is 2.23 bits per heavy atom. The molecule has 0 bridgehead atoms. The lowest BCUT2D eigenvalue weighted by molar-refractivity contribution is 0.292. The van der Waals surface area contributed by atoms with Gasteiger partial charge >= 0.3 is 7.60 Å². The normalized spacial score (nSPS) is 15.0. The van der Waals surface area contributed by atoms with Crippen LogP contribution in [0.4, 0.5) is 0 Å². The number of aliphatic hydroxyl groups is 1. The predicted octanol–water partition coefficient (Wildman–Crippen LogP) is 1.96. The molecule has 0 amide bonds. The van der Waals surface area contributed by atoms with Crippen molar-refractivity contribution in [2.24, 2.45) is 0 Å². The largest absolute Gasteiger partial charge is 0.423 e. The summed E-state index contributed by atoms with van der Waals surface area (Å²) in [4.78, 5) is 8.94. The van der Waals surface area contributed by atoms with E-state index < -0.39 is 13.9 Å². The summed E-state index contributed by atoms with van der Waals surface area (Å²) in [6.45, 7) is 0. The summed E-state index contributed by atoms with van der Waals surface area (Å²) in [5, 5.41) is 8.47. The van der Waals surface area contributed by atoms with Crippen LogP contribution in [-0.2, 0) is 4.57 Å². The Balaban J connectivity index is 2.81. The zero-order valence-corrected chi connectivity index (χ0v) is 9.03. The molecule has 0 saturated heterocycles. The first kappa shape index (κ1) is 10.7. The number of hydrogen-bond acceptors (Lipinski definition) is 3. The monoisotopic (exact) mass is 266 g/mol. The van der Waals surface area contributed by atoms with Gasteiger partial charge in [0.2, 0.25) is 0 Å². The first-order valence-electron chi connectivity index (χ1n) is 3.41. The smallest absolute Gasteiger partial charge is 0.401 e. The van der Waals surface area contributed by atoms with E-state index >= 15 is 0 Å². The van der Waals surface area contributed by atoms with Gasteiger partial charge < -0.3 is 14.5 Å². The molecule has 0 heterocycles. The Labute approximate surface area is 83.8 Å². The zero-order chi connectivity index (χ0) is 9.90. The fraction of sp³-hybridized carbons (Fsp3) is 0.143. The van der Waals surface area contributed by atoms with Gasteiger partial charge in [-0.2, -0.15) is 0 Å². The molecular formula is C7H8BrO4P. The number of aliphatic hydroxyl groups excluding tert-OH is 1. The van der Waals surface area contributed by atoms with Crippen LogP contribution in [0.1, 0.15) is 0 Å². The topological polar surface area (TPSA) is 66.8 Å². The lowest BCUT2D eigenvalue weighted by atomic mass is 10.3. The highest BCUT2D eigenvalue weighted by Crippen LogP contribution is 2.41. The van der Waals surface area contributed by atoms with Crippen LogP contribution in [0, 0.1) is 0 Å². The molecule has 2 N–H and O–H groups in total. The third kappa shape index (κ3) is 3.48. The highest BCUT2D eigenvalue weighted by molar-refractivity contribution is 9.10. The van der Waals surface area contributed by atoms with Crippen molar-refractivity contribution in [1.82, 2.24) is 0 Å². The van der Waals surface area contributed by atoms with Crippen LogP contribution < -0.4 is 4.52 Å². The number of benzene rings is 1. The van der Waals surface area contributed by atoms with Crippen LogP contribution in [0.5, 0.6) is 5.75 Å². The summed E-state index contributed by atoms with van der Waals surface area (Å²) in [6, 6.07) is 6.49. The van der Waals surface area contributed by atoms with Gasteiger partial charge in [-0.1, -0.05) is 22.0 Å². The van der Waals surface area contributed by atoms with Crippen LogP contribution in [0.2, 0.25) is 0 Å². The molecule has 0 aliphatic carbocycles. The molecule has 0 aromatic heterocycles. The van der Waals surface area contributed by atoms with E-state index in [1.165, 1.54) is 6.07 Å². The molecule has 13 heavy (non-hydrogen) atoms. The van der Waals surface area contributed by atoms with Crippen molar-refractivity contribution >= 4 is 23.5 Å². The van der Waals surface area contributed by atoms with E-state index in [2.05, 4.69) is 20.5 Å². The Kier molecular flexibility index (Phi) is 3.50. The van der Waals surface area contributed by atoms with Gasteiger partial charge in [0.1, 0.15) is 5.75 Å². The molecule has 0 fully saturated rings. The van der Waals surface area contributed by atoms with E-state index in [4.69, 9.17) is 10.00 Å². The second-order valence-corrected chi connectivity index (χ2v) is 4.98. The van der Waals surface area contributed by atoms with Crippen molar-refractivity contribution in [2.75, 3.05) is 6.35 Å². The molecular weight excluding hydrogens is 259 g/mol. The minimum atomic E-state index is -3.88. The maximum Gasteiger partial charge on any atom is 0.401 e. The van der Waals surface area contributed by atoms with Gasteiger partial charge in [0, 0.05) is 4.47 Å². The fourth-order valence-corrected chi connectivity index (χ4v) is 1.60. The second-order valence-electron chi connectivity index (χ2n) is 2.33. The SMILES string of the molecule is O=P(O)(CO)Oc1cccc(Br)c1. The summed E-state index contributed by atoms with van der Waals surface area (Å²) in [5.41, 5.74) is 0. The fourth-order valence-electron chi connectivity index (χ4n) is 0.717. The van der Waals surface area contributed by atoms with Gasteiger partial charge in [-0.15, -0.1) is 0 Å². The maximum atomic E-state index is 10.9. The van der Waals surface area contributed by atoms with Crippen molar-refractivity contribution in [2.45, 2.75) is 0 Å². The number of halogens is 1. The Bertz CT molecular complexity index is 341. The molecule has 0 aliphatic rings. The average molecular weight is 267 g/mol. The van der Waals surface area contributed by atoms with Crippen LogP contribution in [0.3, 0.4) is 0 Å². The Morgan fingerprint density at radius 3 is 2.77 bits per heavy atom. The minimum Gasteiger partial charge on any atom is -0.423 e. The van der Waals surface area contributed by atoms with Crippen molar-refractivity contribution < 1.29 is 19.1 Å². The quantitative estimate of drug-likeness (QED) is 0.821. The van der Waals surface area contributed by atoms with Crippen LogP contribution in [0.25, 0.3) is 0 Å². The van der Waals surface area contributed by atoms with Gasteiger partial charge in [-0.25, -0.2) is 4.57 Å². The van der Waals surface area contributed by atoms with Gasteiger partial charge in [0.15, 0.2) is 6.35 Å². The van der Waals surface area contributed by atoms with Gasteiger partial charge in [-0.05, 0) is 18.2 Å². The summed E-state index contributed by atoms with van der Waals surface area (Å²) >= 11 is 3.18. The van der Waals surface area contributed by atoms with Gasteiger partial charge in [-0.3, -0.25) is 0 Å². The molecule has 0 radical (unpaired) electrons. The number of hydrogen-bond donors (Lipinski definition) is 2. The van der Waals surface area contributed by atoms with E-state index in [-0.39, 0.29) is 5.75 Å². The van der Waals surface area contributed by atoms with E-state index in [1.807, 2.05) is 0 Å². The third-order valence-corrected chi connectivity index (χ3v) is 2.57. The maximum absolute atomic E-state index is 10.9. The molecule has 0 spiro atoms. The Hall–Kier alpha value is -0.350. The molecule has 4 nitrogen and oxygen atoms in total. The first-order chi connectivity index (χ1) is 6.03. The number of rotatable bonds is 3. The molecule has 1 unspecified atom stereocenters. The van der Waals surface area contributed by atoms with Gasteiger partial charge in [0.05, 0.1) is 0 Å². The molecule has 1 atom stereocenters. The molecule has 0 aliphatic heterocycles. The lowest BCUT2D eigenvalue weighted by Crippen LogP contribution is -1.95. The van der Waals surface area contributed by atoms with Crippen molar-refractivity contribution in [3.63, 3.8) is 0 Å². The summed E-state index contributed by atoms with van der Waals surface area (Å²) in [7, 11) is -3.88. The Morgan fingerprint density at radius 1 is 1.54 bits per heavy atom. The lowest BCUT2D eigenvalue weighted by Gasteiger charge is -2.10. The van der Waals surface area contributed by atoms with Gasteiger partial charge in [0.25, 0.3) is 0 Å². The highest BCUT2D eigenvalue weighted by atomic mass is 79.9. The molecule has 6 heteroatoms. The third-order valence-electron chi connectivity index (χ3n) is 1.22. The van der Waals surface area contributed by atoms with E-state index in [9.17, 15) is 4.57 Å². The van der Waals surface area contributed by atoms with Crippen LogP contribution >= 0.6 is 23.5 Å². The summed E-state index contributed by atoms with van der Waals surface area (Å²) in [5.74, 6) is 0.245. The second kappa shape index (κ2) is 4.24. The van der Waals surface area contributed by atoms with Crippen LogP contribution in [0.15, 0.2) is 28.7 Å². The van der Waals surface area contributed by atoms with E-state index in [0.29, 0.717) is 0 Å². The van der Waals surface area contributed by atoms with Crippen molar-refractivity contribution in [1.29, 1.82) is 0 Å². The molecule has 1 rings (SSSR count). The predicted molar refractivity (Wildman–Crippen MR) is 51.7 cm³/mol. The van der Waals surface area contributed by atoms with E-state index in [1.54, 1.807) is 18.2 Å². The molecule has 1 aromatic rings. The standard InChI is InChI=1S/C7H8BrO4P/c8-6-2-1-3-7(4-6)12-13(10,11)5-9/h1-4,9H,5H2,(H,10,11). The zero-order valence-electron chi connectivity index (χ0n) is 6.55. The highest BCUT2D eigenvalue weighted by Gasteiger charge is 2.18. The summed E-state index contributed by atoms with van der Waals surface area (Å²) in [6.07, 6.45) is -0.889. The average Bonchev–Trinajstić information content (AvgIpc) is 2.03. The minimum absolute atomic E-state index is 0.245. The molecule has 72 valence electrons. The van der Waals surface area contributed by atoms with Crippen molar-refractivity contribution in [3.8, 4) is 5.75 Å². The van der Waals surface area contributed by atoms with Crippen LogP contribution in [-0.4, -0.2) is 16.3 Å². The molecule has 1 aromatic carbocycles. The summed E-state index contributed by atoms with van der Waals surface area (Å²) < 4.78 is 16.3. The first-order valence-corrected chi connectivity index (χ1v) is 5.97. The van der Waals surface area contributed by atoms with E-state index in [0.717, 1.165) is 4.47 Å². The van der Waals surface area contributed by atoms with Crippen molar-refractivity contribution in [3.05, 3.63) is 28.7 Å². The molecule has 0 saturated carbocycles.